The summed E-state index contributed by atoms with van der Waals surface area (Å²) in [5.74, 6) is 0. The SMILES string of the molecule is N#Cc1c(C(F)(F)F)cc(-c2ccccc2)n(Cc2ccc(Br)cc2)c1=O. The quantitative estimate of drug-likeness (QED) is 0.569. The summed E-state index contributed by atoms with van der Waals surface area (Å²) in [7, 11) is 0. The zero-order valence-electron chi connectivity index (χ0n) is 13.8. The molecule has 3 rings (SSSR count). The first-order valence-corrected chi connectivity index (χ1v) is 8.65. The van der Waals surface area contributed by atoms with Crippen LogP contribution in [0.1, 0.15) is 16.7 Å². The summed E-state index contributed by atoms with van der Waals surface area (Å²) in [6.45, 7) is 0.0448. The molecule has 0 fully saturated rings. The maximum atomic E-state index is 13.4. The van der Waals surface area contributed by atoms with E-state index in [0.29, 0.717) is 5.56 Å². The topological polar surface area (TPSA) is 45.8 Å². The standard InChI is InChI=1S/C20H12BrF3N2O/c21-15-8-6-13(7-9-15)12-26-18(14-4-2-1-3-5-14)10-17(20(22,23)24)16(11-25)19(26)27/h1-10H,12H2. The molecule has 0 unspecified atom stereocenters. The summed E-state index contributed by atoms with van der Waals surface area (Å²) in [6, 6.07) is 17.7. The molecule has 1 aromatic heterocycles. The lowest BCUT2D eigenvalue weighted by Crippen LogP contribution is -2.28. The van der Waals surface area contributed by atoms with E-state index < -0.39 is 22.9 Å². The van der Waals surface area contributed by atoms with Crippen LogP contribution in [0.15, 0.2) is 69.9 Å². The van der Waals surface area contributed by atoms with Gasteiger partial charge in [0.15, 0.2) is 0 Å². The number of pyridine rings is 1. The fraction of sp³-hybridized carbons (Fsp3) is 0.100. The van der Waals surface area contributed by atoms with Gasteiger partial charge in [0.2, 0.25) is 0 Å². The fourth-order valence-corrected chi connectivity index (χ4v) is 3.02. The monoisotopic (exact) mass is 432 g/mol. The van der Waals surface area contributed by atoms with Crippen LogP contribution in [0.2, 0.25) is 0 Å². The van der Waals surface area contributed by atoms with E-state index in [1.165, 1.54) is 10.6 Å². The Balaban J connectivity index is 2.28. The molecular formula is C20H12BrF3N2O. The molecule has 0 radical (unpaired) electrons. The number of halogens is 4. The highest BCUT2D eigenvalue weighted by molar-refractivity contribution is 9.10. The third kappa shape index (κ3) is 3.96. The lowest BCUT2D eigenvalue weighted by Gasteiger charge is -2.17. The van der Waals surface area contributed by atoms with Crippen LogP contribution in [0.3, 0.4) is 0 Å². The molecule has 3 aromatic rings. The summed E-state index contributed by atoms with van der Waals surface area (Å²) in [6.07, 6.45) is -4.80. The molecule has 0 saturated carbocycles. The molecule has 0 N–H and O–H groups in total. The van der Waals surface area contributed by atoms with Crippen LogP contribution in [-0.4, -0.2) is 4.57 Å². The second kappa shape index (κ2) is 7.41. The first-order valence-electron chi connectivity index (χ1n) is 7.86. The molecule has 2 aromatic carbocycles. The van der Waals surface area contributed by atoms with Crippen molar-refractivity contribution in [3.05, 3.63) is 92.2 Å². The van der Waals surface area contributed by atoms with E-state index in [9.17, 15) is 23.2 Å². The van der Waals surface area contributed by atoms with Gasteiger partial charge in [-0.3, -0.25) is 4.79 Å². The lowest BCUT2D eigenvalue weighted by atomic mass is 10.0. The molecular weight excluding hydrogens is 421 g/mol. The minimum Gasteiger partial charge on any atom is -0.303 e. The Morgan fingerprint density at radius 2 is 1.67 bits per heavy atom. The number of hydrogen-bond donors (Lipinski definition) is 0. The van der Waals surface area contributed by atoms with Crippen LogP contribution >= 0.6 is 15.9 Å². The van der Waals surface area contributed by atoms with Gasteiger partial charge in [-0.05, 0) is 29.3 Å². The summed E-state index contributed by atoms with van der Waals surface area (Å²) in [5.41, 5.74) is -1.80. The Hall–Kier alpha value is -2.85. The van der Waals surface area contributed by atoms with E-state index in [0.717, 1.165) is 16.1 Å². The molecule has 7 heteroatoms. The Morgan fingerprint density at radius 3 is 2.22 bits per heavy atom. The van der Waals surface area contributed by atoms with Gasteiger partial charge in [-0.15, -0.1) is 0 Å². The molecule has 136 valence electrons. The second-order valence-corrected chi connectivity index (χ2v) is 6.73. The summed E-state index contributed by atoms with van der Waals surface area (Å²) >= 11 is 3.31. The molecule has 3 nitrogen and oxygen atoms in total. The molecule has 0 saturated heterocycles. The van der Waals surface area contributed by atoms with E-state index in [-0.39, 0.29) is 12.2 Å². The maximum absolute atomic E-state index is 13.4. The van der Waals surface area contributed by atoms with Gasteiger partial charge >= 0.3 is 6.18 Å². The van der Waals surface area contributed by atoms with Gasteiger partial charge < -0.3 is 4.57 Å². The van der Waals surface area contributed by atoms with Gasteiger partial charge in [0, 0.05) is 4.47 Å². The summed E-state index contributed by atoms with van der Waals surface area (Å²) in [4.78, 5) is 12.8. The minimum atomic E-state index is -4.80. The molecule has 0 amide bonds. The number of nitrogens with zero attached hydrogens (tertiary/aromatic N) is 2. The van der Waals surface area contributed by atoms with E-state index in [4.69, 9.17) is 0 Å². The third-order valence-corrected chi connectivity index (χ3v) is 4.57. The highest BCUT2D eigenvalue weighted by Crippen LogP contribution is 2.33. The average molecular weight is 433 g/mol. The van der Waals surface area contributed by atoms with Crippen molar-refractivity contribution in [2.75, 3.05) is 0 Å². The minimum absolute atomic E-state index is 0.0448. The Labute approximate surface area is 161 Å². The number of nitriles is 1. The predicted molar refractivity (Wildman–Crippen MR) is 99.1 cm³/mol. The molecule has 0 spiro atoms. The maximum Gasteiger partial charge on any atom is 0.417 e. The fourth-order valence-electron chi connectivity index (χ4n) is 2.76. The van der Waals surface area contributed by atoms with Gasteiger partial charge in [-0.25, -0.2) is 0 Å². The lowest BCUT2D eigenvalue weighted by molar-refractivity contribution is -0.137. The van der Waals surface area contributed by atoms with Gasteiger partial charge in [0.25, 0.3) is 5.56 Å². The van der Waals surface area contributed by atoms with Crippen LogP contribution in [0.25, 0.3) is 11.3 Å². The van der Waals surface area contributed by atoms with Crippen molar-refractivity contribution in [3.8, 4) is 17.3 Å². The number of benzene rings is 2. The van der Waals surface area contributed by atoms with E-state index in [1.54, 1.807) is 54.6 Å². The first kappa shape index (κ1) is 18.9. The predicted octanol–water partition coefficient (Wildman–Crippen LogP) is 5.22. The molecule has 0 bridgehead atoms. The average Bonchev–Trinajstić information content (AvgIpc) is 2.64. The normalized spacial score (nSPS) is 11.2. The van der Waals surface area contributed by atoms with Crippen molar-refractivity contribution in [2.24, 2.45) is 0 Å². The molecule has 0 atom stereocenters. The first-order chi connectivity index (χ1) is 12.8. The molecule has 0 aliphatic heterocycles. The van der Waals surface area contributed by atoms with Crippen molar-refractivity contribution in [1.82, 2.24) is 4.57 Å². The third-order valence-electron chi connectivity index (χ3n) is 4.04. The van der Waals surface area contributed by atoms with Crippen LogP contribution in [0.4, 0.5) is 13.2 Å². The van der Waals surface area contributed by atoms with Gasteiger partial charge in [-0.2, -0.15) is 18.4 Å². The number of aromatic nitrogens is 1. The molecule has 0 aliphatic rings. The van der Waals surface area contributed by atoms with E-state index >= 15 is 0 Å². The highest BCUT2D eigenvalue weighted by Gasteiger charge is 2.36. The molecule has 27 heavy (non-hydrogen) atoms. The van der Waals surface area contributed by atoms with Crippen LogP contribution in [0, 0.1) is 11.3 Å². The molecule has 0 aliphatic carbocycles. The smallest absolute Gasteiger partial charge is 0.303 e. The summed E-state index contributed by atoms with van der Waals surface area (Å²) < 4.78 is 42.3. The van der Waals surface area contributed by atoms with Crippen molar-refractivity contribution >= 4 is 15.9 Å². The number of rotatable bonds is 3. The summed E-state index contributed by atoms with van der Waals surface area (Å²) in [5, 5.41) is 9.18. The van der Waals surface area contributed by atoms with E-state index in [2.05, 4.69) is 15.9 Å². The highest BCUT2D eigenvalue weighted by atomic mass is 79.9. The van der Waals surface area contributed by atoms with Crippen LogP contribution in [-0.2, 0) is 12.7 Å². The van der Waals surface area contributed by atoms with Crippen LogP contribution < -0.4 is 5.56 Å². The van der Waals surface area contributed by atoms with Crippen molar-refractivity contribution < 1.29 is 13.2 Å². The van der Waals surface area contributed by atoms with Crippen molar-refractivity contribution in [1.29, 1.82) is 5.26 Å². The van der Waals surface area contributed by atoms with Gasteiger partial charge in [0.1, 0.15) is 11.6 Å². The number of alkyl halides is 3. The zero-order chi connectivity index (χ0) is 19.6. The Bertz CT molecular complexity index is 1070. The van der Waals surface area contributed by atoms with Gasteiger partial charge in [-0.1, -0.05) is 58.4 Å². The van der Waals surface area contributed by atoms with Crippen molar-refractivity contribution in [3.63, 3.8) is 0 Å². The zero-order valence-corrected chi connectivity index (χ0v) is 15.4. The van der Waals surface area contributed by atoms with Crippen molar-refractivity contribution in [2.45, 2.75) is 12.7 Å². The van der Waals surface area contributed by atoms with E-state index in [1.807, 2.05) is 0 Å². The Kier molecular flexibility index (Phi) is 5.19. The largest absolute Gasteiger partial charge is 0.417 e. The van der Waals surface area contributed by atoms with Crippen LogP contribution in [0.5, 0.6) is 0 Å². The molecule has 1 heterocycles. The Morgan fingerprint density at radius 1 is 1.04 bits per heavy atom. The van der Waals surface area contributed by atoms with Gasteiger partial charge in [0.05, 0.1) is 17.8 Å². The second-order valence-electron chi connectivity index (χ2n) is 5.81. The number of hydrogen-bond acceptors (Lipinski definition) is 2.